The first kappa shape index (κ1) is 22.3. The van der Waals surface area contributed by atoms with Crippen LogP contribution < -0.4 is 15.9 Å². The molecule has 0 amide bonds. The first-order chi connectivity index (χ1) is 14.7. The molecule has 1 aliphatic heterocycles. The van der Waals surface area contributed by atoms with E-state index in [4.69, 9.17) is 11.6 Å². The van der Waals surface area contributed by atoms with Crippen LogP contribution in [0.15, 0.2) is 47.1 Å². The summed E-state index contributed by atoms with van der Waals surface area (Å²) in [7, 11) is -0.345. The molecule has 0 saturated heterocycles. The maximum absolute atomic E-state index is 12.7. The Morgan fingerprint density at radius 3 is 2.74 bits per heavy atom. The van der Waals surface area contributed by atoms with Crippen molar-refractivity contribution in [3.63, 3.8) is 0 Å². The maximum atomic E-state index is 12.7. The third kappa shape index (κ3) is 5.12. The fourth-order valence-electron chi connectivity index (χ4n) is 3.68. The Balaban J connectivity index is 1.62. The number of nitrogens with one attached hydrogen (secondary N) is 2. The van der Waals surface area contributed by atoms with Crippen LogP contribution in [0.25, 0.3) is 0 Å². The highest BCUT2D eigenvalue weighted by Crippen LogP contribution is 2.38. The van der Waals surface area contributed by atoms with E-state index in [0.717, 1.165) is 40.7 Å². The summed E-state index contributed by atoms with van der Waals surface area (Å²) in [5, 5.41) is 7.65. The lowest BCUT2D eigenvalue weighted by Crippen LogP contribution is -2.26. The summed E-state index contributed by atoms with van der Waals surface area (Å²) in [6.45, 7) is 5.45. The van der Waals surface area contributed by atoms with Crippen molar-refractivity contribution in [1.82, 2.24) is 14.9 Å². The Bertz CT molecular complexity index is 1180. The number of aromatic nitrogens is 2. The molecule has 0 fully saturated rings. The number of anilines is 4. The second-order valence-corrected chi connectivity index (χ2v) is 12.5. The van der Waals surface area contributed by atoms with E-state index in [-0.39, 0.29) is 0 Å². The number of benzene rings is 2. The Labute approximate surface area is 195 Å². The summed E-state index contributed by atoms with van der Waals surface area (Å²) < 4.78 is 13.8. The molecule has 0 radical (unpaired) electrons. The van der Waals surface area contributed by atoms with Gasteiger partial charge in [-0.05, 0) is 62.2 Å². The van der Waals surface area contributed by atoms with Crippen LogP contribution in [0, 0.1) is 0 Å². The fraction of sp³-hybridized carbons (Fsp3) is 0.273. The van der Waals surface area contributed by atoms with Crippen LogP contribution in [0.5, 0.6) is 0 Å². The minimum atomic E-state index is -2.47. The number of hydrogen-bond acceptors (Lipinski definition) is 6. The molecule has 1 aromatic heterocycles. The molecule has 162 valence electrons. The Morgan fingerprint density at radius 2 is 1.97 bits per heavy atom. The van der Waals surface area contributed by atoms with Crippen LogP contribution in [0.1, 0.15) is 11.1 Å². The van der Waals surface area contributed by atoms with Crippen molar-refractivity contribution < 1.29 is 4.57 Å². The lowest BCUT2D eigenvalue weighted by molar-refractivity contribution is 0.312. The lowest BCUT2D eigenvalue weighted by atomic mass is 9.99. The van der Waals surface area contributed by atoms with Crippen LogP contribution in [-0.2, 0) is 17.5 Å². The van der Waals surface area contributed by atoms with Gasteiger partial charge in [0.1, 0.15) is 12.2 Å². The monoisotopic (exact) mass is 519 g/mol. The molecule has 0 atom stereocenters. The minimum Gasteiger partial charge on any atom is -0.338 e. The van der Waals surface area contributed by atoms with Gasteiger partial charge in [0.25, 0.3) is 0 Å². The van der Waals surface area contributed by atoms with Crippen molar-refractivity contribution >= 4 is 63.1 Å². The summed E-state index contributed by atoms with van der Waals surface area (Å²) in [6.07, 6.45) is 2.58. The number of rotatable bonds is 5. The van der Waals surface area contributed by atoms with Crippen molar-refractivity contribution in [2.45, 2.75) is 13.0 Å². The van der Waals surface area contributed by atoms with Crippen LogP contribution in [-0.4, -0.2) is 41.8 Å². The highest BCUT2D eigenvalue weighted by atomic mass is 79.9. The molecule has 2 N–H and O–H groups in total. The van der Waals surface area contributed by atoms with Crippen molar-refractivity contribution in [2.75, 3.05) is 37.6 Å². The third-order valence-corrected chi connectivity index (χ3v) is 7.74. The molecule has 31 heavy (non-hydrogen) atoms. The fourth-order valence-corrected chi connectivity index (χ4v) is 5.67. The summed E-state index contributed by atoms with van der Waals surface area (Å²) in [5.41, 5.74) is 4.26. The summed E-state index contributed by atoms with van der Waals surface area (Å²) >= 11 is 10.1. The quantitative estimate of drug-likeness (QED) is 0.426. The normalized spacial score (nSPS) is 14.2. The standard InChI is InChI=1S/C22H24BrClN5OP/c1-29-9-8-16-14(13-29)10-15(11-17(16)23)26-22-25-12-18(24)21(28-22)27-19-6-4-5-7-20(19)31(2,3)30/h4-7,10-12H,8-9,13H2,1-3H3,(H2,25,26,27,28). The molecule has 2 heterocycles. The van der Waals surface area contributed by atoms with Crippen molar-refractivity contribution in [1.29, 1.82) is 0 Å². The summed E-state index contributed by atoms with van der Waals surface area (Å²) in [6, 6.07) is 11.7. The number of likely N-dealkylation sites (N-methyl/N-ethyl adjacent to an activating group) is 1. The van der Waals surface area contributed by atoms with Crippen LogP contribution in [0.2, 0.25) is 5.02 Å². The zero-order chi connectivity index (χ0) is 22.2. The van der Waals surface area contributed by atoms with Gasteiger partial charge in [0.15, 0.2) is 5.82 Å². The van der Waals surface area contributed by atoms with E-state index >= 15 is 0 Å². The number of para-hydroxylation sites is 1. The Kier molecular flexibility index (Phi) is 6.40. The average molecular weight is 521 g/mol. The van der Waals surface area contributed by atoms with Gasteiger partial charge in [0.2, 0.25) is 5.95 Å². The maximum Gasteiger partial charge on any atom is 0.229 e. The highest BCUT2D eigenvalue weighted by Gasteiger charge is 2.19. The van der Waals surface area contributed by atoms with Crippen molar-refractivity contribution in [3.05, 3.63) is 63.2 Å². The largest absolute Gasteiger partial charge is 0.338 e. The second-order valence-electron chi connectivity index (χ2n) is 8.09. The minimum absolute atomic E-state index is 0.385. The molecular weight excluding hydrogens is 497 g/mol. The first-order valence-corrected chi connectivity index (χ1v) is 13.7. The number of nitrogens with zero attached hydrogens (tertiary/aromatic N) is 3. The third-order valence-electron chi connectivity index (χ3n) is 5.21. The summed E-state index contributed by atoms with van der Waals surface area (Å²) in [5.74, 6) is 0.883. The number of fused-ring (bicyclic) bond motifs is 1. The number of halogens is 2. The van der Waals surface area contributed by atoms with E-state index in [1.807, 2.05) is 24.3 Å². The Morgan fingerprint density at radius 1 is 1.19 bits per heavy atom. The van der Waals surface area contributed by atoms with Gasteiger partial charge in [-0.15, -0.1) is 0 Å². The van der Waals surface area contributed by atoms with Gasteiger partial charge < -0.3 is 20.1 Å². The van der Waals surface area contributed by atoms with Crippen molar-refractivity contribution in [3.8, 4) is 0 Å². The molecule has 0 saturated carbocycles. The molecular formula is C22H24BrClN5OP. The molecule has 0 aliphatic carbocycles. The van der Waals surface area contributed by atoms with Gasteiger partial charge in [-0.2, -0.15) is 4.98 Å². The second kappa shape index (κ2) is 8.91. The molecule has 2 aromatic carbocycles. The molecule has 6 nitrogen and oxygen atoms in total. The molecule has 0 unspecified atom stereocenters. The predicted octanol–water partition coefficient (Wildman–Crippen LogP) is 5.62. The smallest absolute Gasteiger partial charge is 0.229 e. The van der Waals surface area contributed by atoms with E-state index in [1.165, 1.54) is 11.1 Å². The van der Waals surface area contributed by atoms with Crippen molar-refractivity contribution in [2.24, 2.45) is 0 Å². The molecule has 3 aromatic rings. The molecule has 1 aliphatic rings. The number of hydrogen-bond donors (Lipinski definition) is 2. The van der Waals surface area contributed by atoms with Gasteiger partial charge in [-0.25, -0.2) is 4.98 Å². The van der Waals surface area contributed by atoms with E-state index in [2.05, 4.69) is 60.6 Å². The topological polar surface area (TPSA) is 70.2 Å². The van der Waals surface area contributed by atoms with Crippen LogP contribution in [0.4, 0.5) is 23.1 Å². The van der Waals surface area contributed by atoms with E-state index < -0.39 is 7.14 Å². The first-order valence-electron chi connectivity index (χ1n) is 9.92. The van der Waals surface area contributed by atoms with Gasteiger partial charge in [-0.3, -0.25) is 0 Å². The van der Waals surface area contributed by atoms with Gasteiger partial charge in [0.05, 0.1) is 11.9 Å². The molecule has 0 bridgehead atoms. The lowest BCUT2D eigenvalue weighted by Gasteiger charge is -2.26. The predicted molar refractivity (Wildman–Crippen MR) is 133 cm³/mol. The van der Waals surface area contributed by atoms with Gasteiger partial charge in [-0.1, -0.05) is 39.7 Å². The van der Waals surface area contributed by atoms with E-state index in [1.54, 1.807) is 19.5 Å². The molecule has 0 spiro atoms. The highest BCUT2D eigenvalue weighted by molar-refractivity contribution is 9.10. The van der Waals surface area contributed by atoms with Crippen LogP contribution >= 0.6 is 34.7 Å². The van der Waals surface area contributed by atoms with E-state index in [9.17, 15) is 4.57 Å². The summed E-state index contributed by atoms with van der Waals surface area (Å²) in [4.78, 5) is 11.2. The average Bonchev–Trinajstić information content (AvgIpc) is 2.70. The van der Waals surface area contributed by atoms with Crippen LogP contribution in [0.3, 0.4) is 0 Å². The molecule has 9 heteroatoms. The Hall–Kier alpha value is -1.92. The van der Waals surface area contributed by atoms with Gasteiger partial charge >= 0.3 is 0 Å². The van der Waals surface area contributed by atoms with Gasteiger partial charge in [0, 0.05) is 28.6 Å². The zero-order valence-electron chi connectivity index (χ0n) is 17.6. The van der Waals surface area contributed by atoms with E-state index in [0.29, 0.717) is 16.8 Å². The zero-order valence-corrected chi connectivity index (χ0v) is 20.9. The molecule has 4 rings (SSSR count). The SMILES string of the molecule is CN1CCc2c(Br)cc(Nc3ncc(Cl)c(Nc4ccccc4P(C)(C)=O)n3)cc2C1.